The molecule has 1 aromatic rings. The van der Waals surface area contributed by atoms with Gasteiger partial charge in [-0.05, 0) is 63.1 Å². The summed E-state index contributed by atoms with van der Waals surface area (Å²) in [6.45, 7) is 4.10. The van der Waals surface area contributed by atoms with Crippen molar-refractivity contribution in [2.24, 2.45) is 5.92 Å². The lowest BCUT2D eigenvalue weighted by Gasteiger charge is -2.18. The number of nitrogens with one attached hydrogen (secondary N) is 2. The summed E-state index contributed by atoms with van der Waals surface area (Å²) in [7, 11) is -3.53. The number of ether oxygens (including phenoxy) is 1. The lowest BCUT2D eigenvalue weighted by molar-refractivity contribution is -0.118. The summed E-state index contributed by atoms with van der Waals surface area (Å²) in [6.07, 6.45) is 3.76. The van der Waals surface area contributed by atoms with Crippen LogP contribution in [0.5, 0.6) is 5.75 Å². The predicted molar refractivity (Wildman–Crippen MR) is 114 cm³/mol. The molecule has 10 heteroatoms. The van der Waals surface area contributed by atoms with Gasteiger partial charge in [-0.2, -0.15) is 0 Å². The second kappa shape index (κ2) is 9.95. The maximum Gasteiger partial charge on any atom is 0.324 e. The van der Waals surface area contributed by atoms with E-state index in [4.69, 9.17) is 4.74 Å². The number of unbranched alkanes of at least 4 members (excludes halogenated alkanes) is 2. The Morgan fingerprint density at radius 1 is 1.23 bits per heavy atom. The van der Waals surface area contributed by atoms with Crippen molar-refractivity contribution >= 4 is 22.0 Å². The molecule has 0 spiro atoms. The molecule has 1 aliphatic heterocycles. The molecule has 0 bridgehead atoms. The fourth-order valence-corrected chi connectivity index (χ4v) is 4.95. The first-order valence-corrected chi connectivity index (χ1v) is 12.3. The lowest BCUT2D eigenvalue weighted by Crippen LogP contribution is -2.30. The third kappa shape index (κ3) is 6.90. The highest BCUT2D eigenvalue weighted by atomic mass is 32.2. The molecule has 1 saturated heterocycles. The van der Waals surface area contributed by atoms with Crippen LogP contribution in [0.3, 0.4) is 0 Å². The number of carbonyl (C=O) groups excluding carboxylic acids is 2. The normalized spacial score (nSPS) is 18.7. The molecule has 2 fully saturated rings. The summed E-state index contributed by atoms with van der Waals surface area (Å²) in [5.74, 6) is -0.223. The number of sulfonamides is 1. The van der Waals surface area contributed by atoms with Gasteiger partial charge in [0.05, 0.1) is 11.9 Å². The number of carbonyl (C=O) groups is 2. The molecule has 0 radical (unpaired) electrons. The molecule has 172 valence electrons. The van der Waals surface area contributed by atoms with E-state index in [1.54, 1.807) is 19.1 Å². The van der Waals surface area contributed by atoms with Crippen LogP contribution in [0.4, 0.5) is 9.18 Å². The number of hydrogen-bond acceptors (Lipinski definition) is 5. The highest BCUT2D eigenvalue weighted by Crippen LogP contribution is 2.35. The number of rotatable bonds is 12. The van der Waals surface area contributed by atoms with Crippen molar-refractivity contribution < 1.29 is 27.1 Å². The van der Waals surface area contributed by atoms with Gasteiger partial charge < -0.3 is 9.64 Å². The largest absolute Gasteiger partial charge is 0.487 e. The van der Waals surface area contributed by atoms with Gasteiger partial charge in [-0.25, -0.2) is 22.3 Å². The van der Waals surface area contributed by atoms with Crippen molar-refractivity contribution in [2.75, 3.05) is 18.8 Å². The summed E-state index contributed by atoms with van der Waals surface area (Å²) >= 11 is 0. The second-order valence-electron chi connectivity index (χ2n) is 8.34. The highest BCUT2D eigenvalue weighted by molar-refractivity contribution is 7.89. The third-order valence-corrected chi connectivity index (χ3v) is 7.16. The zero-order valence-electron chi connectivity index (χ0n) is 17.9. The van der Waals surface area contributed by atoms with Gasteiger partial charge in [0.2, 0.25) is 15.9 Å². The Kier molecular flexibility index (Phi) is 7.53. The molecule has 1 heterocycles. The van der Waals surface area contributed by atoms with Gasteiger partial charge in [0.25, 0.3) is 0 Å². The van der Waals surface area contributed by atoms with Crippen LogP contribution < -0.4 is 14.8 Å². The van der Waals surface area contributed by atoms with E-state index in [9.17, 15) is 22.4 Å². The molecule has 1 aliphatic carbocycles. The van der Waals surface area contributed by atoms with Crippen molar-refractivity contribution in [3.63, 3.8) is 0 Å². The molecule has 3 amide bonds. The highest BCUT2D eigenvalue weighted by Gasteiger charge is 2.30. The van der Waals surface area contributed by atoms with Crippen LogP contribution in [-0.2, 0) is 14.8 Å². The Morgan fingerprint density at radius 3 is 2.61 bits per heavy atom. The molecule has 1 saturated carbocycles. The van der Waals surface area contributed by atoms with Crippen LogP contribution in [-0.4, -0.2) is 50.2 Å². The molecule has 0 unspecified atom stereocenters. The van der Waals surface area contributed by atoms with E-state index in [1.165, 1.54) is 11.0 Å². The summed E-state index contributed by atoms with van der Waals surface area (Å²) in [6, 6.07) is 3.49. The average molecular weight is 456 g/mol. The molecule has 3 rings (SSSR count). The molecule has 31 heavy (non-hydrogen) atoms. The number of benzene rings is 1. The Labute approximate surface area is 182 Å². The van der Waals surface area contributed by atoms with E-state index in [2.05, 4.69) is 10.0 Å². The van der Waals surface area contributed by atoms with Gasteiger partial charge in [-0.3, -0.25) is 10.1 Å². The molecule has 2 N–H and O–H groups in total. The Bertz CT molecular complexity index is 920. The first-order valence-electron chi connectivity index (χ1n) is 10.7. The average Bonchev–Trinajstić information content (AvgIpc) is 3.48. The number of halogens is 1. The lowest BCUT2D eigenvalue weighted by atomic mass is 10.1. The topological polar surface area (TPSA) is 105 Å². The van der Waals surface area contributed by atoms with E-state index >= 15 is 0 Å². The molecular weight excluding hydrogens is 425 g/mol. The van der Waals surface area contributed by atoms with E-state index in [-0.39, 0.29) is 30.1 Å². The van der Waals surface area contributed by atoms with Gasteiger partial charge in [-0.1, -0.05) is 12.5 Å². The van der Waals surface area contributed by atoms with Gasteiger partial charge in [-0.15, -0.1) is 0 Å². The molecule has 1 aromatic carbocycles. The predicted octanol–water partition coefficient (Wildman–Crippen LogP) is 2.71. The minimum Gasteiger partial charge on any atom is -0.487 e. The zero-order valence-corrected chi connectivity index (χ0v) is 18.7. The number of hydrogen-bond donors (Lipinski definition) is 2. The SMILES string of the molecule is C[C@H](Oc1cc([C@@H](C)NS(=O)(=O)CCCCCN2CC(=O)NC2=O)ccc1F)C1CC1. The molecular formula is C21H30FN3O5S. The van der Waals surface area contributed by atoms with Gasteiger partial charge in [0.1, 0.15) is 6.54 Å². The third-order valence-electron chi connectivity index (χ3n) is 5.62. The number of nitrogens with zero attached hydrogens (tertiary/aromatic N) is 1. The van der Waals surface area contributed by atoms with E-state index in [0.717, 1.165) is 12.8 Å². The van der Waals surface area contributed by atoms with E-state index in [0.29, 0.717) is 37.3 Å². The summed E-state index contributed by atoms with van der Waals surface area (Å²) in [5.41, 5.74) is 0.632. The molecule has 0 aromatic heterocycles. The fraction of sp³-hybridized carbons (Fsp3) is 0.619. The van der Waals surface area contributed by atoms with Crippen molar-refractivity contribution in [2.45, 2.75) is 58.1 Å². The Morgan fingerprint density at radius 2 is 1.97 bits per heavy atom. The minimum atomic E-state index is -3.53. The van der Waals surface area contributed by atoms with Crippen LogP contribution >= 0.6 is 0 Å². The Balaban J connectivity index is 1.44. The van der Waals surface area contributed by atoms with Crippen LogP contribution in [0.15, 0.2) is 18.2 Å². The van der Waals surface area contributed by atoms with Gasteiger partial charge in [0.15, 0.2) is 11.6 Å². The van der Waals surface area contributed by atoms with Crippen molar-refractivity contribution in [3.05, 3.63) is 29.6 Å². The number of imide groups is 1. The summed E-state index contributed by atoms with van der Waals surface area (Å²) in [4.78, 5) is 24.0. The Hall–Kier alpha value is -2.20. The molecule has 8 nitrogen and oxygen atoms in total. The van der Waals surface area contributed by atoms with Crippen molar-refractivity contribution in [1.29, 1.82) is 0 Å². The van der Waals surface area contributed by atoms with Crippen molar-refractivity contribution in [3.8, 4) is 5.75 Å². The molecule has 2 atom stereocenters. The second-order valence-corrected chi connectivity index (χ2v) is 10.2. The number of amides is 3. The van der Waals surface area contributed by atoms with Crippen LogP contribution in [0.2, 0.25) is 0 Å². The standard InChI is InChI=1S/C21H30FN3O5S/c1-14(17-8-9-18(22)19(12-17)30-15(2)16-6-7-16)24-31(28,29)11-5-3-4-10-25-13-20(26)23-21(25)27/h8-9,12,14-16,24H,3-7,10-11,13H2,1-2H3,(H,23,26,27)/t14-,15+/m1/s1. The maximum atomic E-state index is 14.1. The molecule has 2 aliphatic rings. The van der Waals surface area contributed by atoms with Crippen LogP contribution in [0, 0.1) is 11.7 Å². The minimum absolute atomic E-state index is 0.0499. The van der Waals surface area contributed by atoms with E-state index in [1.807, 2.05) is 6.92 Å². The van der Waals surface area contributed by atoms with Crippen LogP contribution in [0.25, 0.3) is 0 Å². The zero-order chi connectivity index (χ0) is 22.6. The van der Waals surface area contributed by atoms with Crippen LogP contribution in [0.1, 0.15) is 57.6 Å². The van der Waals surface area contributed by atoms with Gasteiger partial charge >= 0.3 is 6.03 Å². The first kappa shape index (κ1) is 23.5. The fourth-order valence-electron chi connectivity index (χ4n) is 3.57. The number of urea groups is 1. The summed E-state index contributed by atoms with van der Waals surface area (Å²) < 4.78 is 47.3. The first-order chi connectivity index (χ1) is 14.6. The van der Waals surface area contributed by atoms with Gasteiger partial charge in [0, 0.05) is 12.6 Å². The van der Waals surface area contributed by atoms with Crippen molar-refractivity contribution in [1.82, 2.24) is 14.9 Å². The maximum absolute atomic E-state index is 14.1. The summed E-state index contributed by atoms with van der Waals surface area (Å²) in [5, 5.41) is 2.21. The van der Waals surface area contributed by atoms with E-state index < -0.39 is 27.9 Å². The quantitative estimate of drug-likeness (QED) is 0.372. The smallest absolute Gasteiger partial charge is 0.324 e. The monoisotopic (exact) mass is 455 g/mol.